The van der Waals surface area contributed by atoms with Crippen LogP contribution < -0.4 is 9.64 Å². The number of benzene rings is 3. The quantitative estimate of drug-likeness (QED) is 0.292. The molecule has 6 rings (SSSR count). The smallest absolute Gasteiger partial charge is 0.305 e. The van der Waals surface area contributed by atoms with E-state index in [9.17, 15) is 9.90 Å². The largest absolute Gasteiger partial charge is 0.481 e. The maximum atomic E-state index is 11.5. The van der Waals surface area contributed by atoms with Gasteiger partial charge >= 0.3 is 5.97 Å². The number of hydrogen-bond donors (Lipinski definition) is 1. The summed E-state index contributed by atoms with van der Waals surface area (Å²) in [6, 6.07) is 24.3. The van der Waals surface area contributed by atoms with Crippen molar-refractivity contribution < 1.29 is 14.6 Å². The Kier molecular flexibility index (Phi) is 6.03. The number of aromatic nitrogens is 1. The molecule has 6 heteroatoms. The highest BCUT2D eigenvalue weighted by Crippen LogP contribution is 2.45. The number of hydrogen-bond acceptors (Lipinski definition) is 5. The van der Waals surface area contributed by atoms with Crippen LogP contribution in [0.5, 0.6) is 11.5 Å². The van der Waals surface area contributed by atoms with Gasteiger partial charge in [0.1, 0.15) is 11.5 Å². The van der Waals surface area contributed by atoms with Crippen LogP contribution >= 0.6 is 11.3 Å². The number of para-hydroxylation sites is 1. The molecule has 0 bridgehead atoms. The van der Waals surface area contributed by atoms with Crippen LogP contribution in [0.2, 0.25) is 0 Å². The summed E-state index contributed by atoms with van der Waals surface area (Å²) in [5, 5.41) is 10.3. The third-order valence-electron chi connectivity index (χ3n) is 6.82. The van der Waals surface area contributed by atoms with Crippen LogP contribution in [-0.2, 0) is 11.2 Å². The highest BCUT2D eigenvalue weighted by molar-refractivity contribution is 7.19. The number of carbonyl (C=O) groups is 1. The summed E-state index contributed by atoms with van der Waals surface area (Å²) in [6.45, 7) is 0.834. The fraction of sp³-hybridized carbons (Fsp3) is 0.200. The van der Waals surface area contributed by atoms with Crippen molar-refractivity contribution >= 4 is 28.5 Å². The summed E-state index contributed by atoms with van der Waals surface area (Å²) in [4.78, 5) is 19.9. The molecular formula is C30H26N2O3S. The number of anilines is 1. The van der Waals surface area contributed by atoms with E-state index < -0.39 is 5.97 Å². The van der Waals surface area contributed by atoms with E-state index in [0.717, 1.165) is 58.6 Å². The summed E-state index contributed by atoms with van der Waals surface area (Å²) >= 11 is 1.67. The van der Waals surface area contributed by atoms with Crippen molar-refractivity contribution in [3.63, 3.8) is 0 Å². The topological polar surface area (TPSA) is 62.7 Å². The van der Waals surface area contributed by atoms with Gasteiger partial charge in [0.2, 0.25) is 0 Å². The zero-order valence-electron chi connectivity index (χ0n) is 19.8. The van der Waals surface area contributed by atoms with Gasteiger partial charge in [-0.1, -0.05) is 59.9 Å². The van der Waals surface area contributed by atoms with Crippen LogP contribution in [0.15, 0.2) is 78.9 Å². The number of carboxylic acid groups (broad SMARTS) is 1. The minimum absolute atomic E-state index is 0.0163. The van der Waals surface area contributed by atoms with E-state index in [1.807, 2.05) is 42.5 Å². The van der Waals surface area contributed by atoms with Crippen molar-refractivity contribution in [2.75, 3.05) is 11.4 Å². The van der Waals surface area contributed by atoms with Crippen molar-refractivity contribution in [1.29, 1.82) is 0 Å². The van der Waals surface area contributed by atoms with Gasteiger partial charge < -0.3 is 14.7 Å². The van der Waals surface area contributed by atoms with Crippen molar-refractivity contribution in [2.24, 2.45) is 0 Å². The Morgan fingerprint density at radius 1 is 1.03 bits per heavy atom. The number of thiazole rings is 1. The average molecular weight is 495 g/mol. The molecule has 180 valence electrons. The van der Waals surface area contributed by atoms with Gasteiger partial charge in [-0.15, -0.1) is 0 Å². The average Bonchev–Trinajstić information content (AvgIpc) is 3.64. The van der Waals surface area contributed by atoms with E-state index in [2.05, 4.69) is 47.4 Å². The number of aliphatic carboxylic acids is 1. The molecule has 3 aromatic carbocycles. The molecule has 0 amide bonds. The van der Waals surface area contributed by atoms with Crippen LogP contribution in [0.4, 0.5) is 5.13 Å². The predicted octanol–water partition coefficient (Wildman–Crippen LogP) is 7.28. The van der Waals surface area contributed by atoms with Crippen LogP contribution in [-0.4, -0.2) is 28.6 Å². The summed E-state index contributed by atoms with van der Waals surface area (Å²) in [7, 11) is 0. The van der Waals surface area contributed by atoms with E-state index in [1.54, 1.807) is 11.3 Å². The van der Waals surface area contributed by atoms with Gasteiger partial charge in [0.15, 0.2) is 5.13 Å². The first-order chi connectivity index (χ1) is 17.7. The fourth-order valence-corrected chi connectivity index (χ4v) is 6.33. The molecular weight excluding hydrogens is 468 g/mol. The van der Waals surface area contributed by atoms with Gasteiger partial charge in [0.25, 0.3) is 0 Å². The standard InChI is InChI=1S/C30H26N2O3S/c33-27(34)19-22-9-6-18-32(22)30-31-28(29(36-30)26-13-5-8-20-7-4-12-25(20)26)21-14-16-24(17-15-21)35-23-10-2-1-3-11-23/h1-5,8,10-17,22H,6-7,9,18-19H2,(H,33,34). The molecule has 2 aliphatic rings. The molecule has 0 spiro atoms. The zero-order valence-corrected chi connectivity index (χ0v) is 20.6. The Balaban J connectivity index is 1.40. The SMILES string of the molecule is O=C(O)CC1CCCN1c1nc(-c2ccc(Oc3ccccc3)cc2)c(-c2cccc3c2C=CC3)s1. The second kappa shape index (κ2) is 9.63. The zero-order chi connectivity index (χ0) is 24.5. The molecule has 1 aliphatic heterocycles. The fourth-order valence-electron chi connectivity index (χ4n) is 5.11. The van der Waals surface area contributed by atoms with Crippen LogP contribution in [0, 0.1) is 0 Å². The molecule has 1 aromatic heterocycles. The minimum Gasteiger partial charge on any atom is -0.481 e. The summed E-state index contributed by atoms with van der Waals surface area (Å²) in [5.74, 6) is 0.808. The van der Waals surface area contributed by atoms with Crippen molar-refractivity contribution in [1.82, 2.24) is 4.98 Å². The molecule has 5 nitrogen and oxygen atoms in total. The van der Waals surface area contributed by atoms with Crippen molar-refractivity contribution in [2.45, 2.75) is 31.7 Å². The normalized spacial score (nSPS) is 16.3. The van der Waals surface area contributed by atoms with Crippen molar-refractivity contribution in [3.8, 4) is 33.2 Å². The molecule has 4 aromatic rings. The number of ether oxygens (including phenoxy) is 1. The lowest BCUT2D eigenvalue weighted by molar-refractivity contribution is -0.137. The summed E-state index contributed by atoms with van der Waals surface area (Å²) in [6.07, 6.45) is 7.35. The van der Waals surface area contributed by atoms with E-state index in [1.165, 1.54) is 16.7 Å². The van der Waals surface area contributed by atoms with E-state index in [4.69, 9.17) is 9.72 Å². The molecule has 1 saturated heterocycles. The molecule has 1 aliphatic carbocycles. The summed E-state index contributed by atoms with van der Waals surface area (Å²) < 4.78 is 5.99. The Morgan fingerprint density at radius 3 is 2.64 bits per heavy atom. The number of fused-ring (bicyclic) bond motifs is 1. The Hall–Kier alpha value is -3.90. The lowest BCUT2D eigenvalue weighted by atomic mass is 9.99. The molecule has 36 heavy (non-hydrogen) atoms. The Morgan fingerprint density at radius 2 is 1.83 bits per heavy atom. The van der Waals surface area contributed by atoms with Gasteiger partial charge in [-0.2, -0.15) is 0 Å². The van der Waals surface area contributed by atoms with Gasteiger partial charge in [0.05, 0.1) is 17.0 Å². The second-order valence-corrected chi connectivity index (χ2v) is 10.2. The molecule has 0 radical (unpaired) electrons. The van der Waals surface area contributed by atoms with Gasteiger partial charge in [0, 0.05) is 23.7 Å². The molecule has 1 fully saturated rings. The van der Waals surface area contributed by atoms with Crippen LogP contribution in [0.25, 0.3) is 27.8 Å². The minimum atomic E-state index is -0.760. The number of nitrogens with zero attached hydrogens (tertiary/aromatic N) is 2. The molecule has 1 N–H and O–H groups in total. The Labute approximate surface area is 214 Å². The number of rotatable bonds is 7. The first-order valence-corrected chi connectivity index (χ1v) is 13.1. The van der Waals surface area contributed by atoms with E-state index in [-0.39, 0.29) is 12.5 Å². The number of carboxylic acids is 1. The second-order valence-electron chi connectivity index (χ2n) is 9.19. The van der Waals surface area contributed by atoms with E-state index >= 15 is 0 Å². The van der Waals surface area contributed by atoms with E-state index in [0.29, 0.717) is 0 Å². The maximum absolute atomic E-state index is 11.5. The van der Waals surface area contributed by atoms with Gasteiger partial charge in [-0.25, -0.2) is 4.98 Å². The lowest BCUT2D eigenvalue weighted by Gasteiger charge is -2.22. The third kappa shape index (κ3) is 4.40. The molecule has 0 saturated carbocycles. The van der Waals surface area contributed by atoms with Gasteiger partial charge in [-0.05, 0) is 66.8 Å². The number of allylic oxidation sites excluding steroid dienone is 1. The Bertz CT molecular complexity index is 1430. The molecule has 2 heterocycles. The van der Waals surface area contributed by atoms with Crippen molar-refractivity contribution in [3.05, 3.63) is 90.0 Å². The highest BCUT2D eigenvalue weighted by Gasteiger charge is 2.30. The first kappa shape index (κ1) is 22.6. The van der Waals surface area contributed by atoms with Crippen LogP contribution in [0.1, 0.15) is 30.4 Å². The monoisotopic (exact) mass is 494 g/mol. The molecule has 1 atom stereocenters. The summed E-state index contributed by atoms with van der Waals surface area (Å²) in [5.41, 5.74) is 5.70. The third-order valence-corrected chi connectivity index (χ3v) is 7.94. The highest BCUT2D eigenvalue weighted by atomic mass is 32.1. The van der Waals surface area contributed by atoms with Crippen LogP contribution in [0.3, 0.4) is 0 Å². The maximum Gasteiger partial charge on any atom is 0.305 e. The van der Waals surface area contributed by atoms with Gasteiger partial charge in [-0.3, -0.25) is 4.79 Å². The first-order valence-electron chi connectivity index (χ1n) is 12.3. The predicted molar refractivity (Wildman–Crippen MR) is 145 cm³/mol. The molecule has 1 unspecified atom stereocenters. The lowest BCUT2D eigenvalue weighted by Crippen LogP contribution is -2.31.